The molecule has 0 spiro atoms. The van der Waals surface area contributed by atoms with Gasteiger partial charge in [-0.3, -0.25) is 23.5 Å². The molecule has 0 aliphatic heterocycles. The molecule has 0 amide bonds. The van der Waals surface area contributed by atoms with Gasteiger partial charge in [0.25, 0.3) is 5.56 Å². The van der Waals surface area contributed by atoms with E-state index in [2.05, 4.69) is 20.5 Å². The standard InChI is InChI=1S/C20H18FN7O2/c1-26-17-16(18(29)27(2)20(26)30)28(12-14-3-5-15(21)6-4-14)19(24-17)25-23-11-13-7-9-22-10-8-13/h3-11H,12H2,1-2H3,(H,24,25)/b23-11-. The highest BCUT2D eigenvalue weighted by atomic mass is 19.1. The van der Waals surface area contributed by atoms with E-state index in [0.29, 0.717) is 0 Å². The number of hydrogen-bond donors (Lipinski definition) is 1. The Morgan fingerprint density at radius 3 is 2.47 bits per heavy atom. The van der Waals surface area contributed by atoms with Gasteiger partial charge in [-0.1, -0.05) is 12.1 Å². The highest BCUT2D eigenvalue weighted by molar-refractivity contribution is 5.80. The van der Waals surface area contributed by atoms with Gasteiger partial charge in [0, 0.05) is 26.5 Å². The summed E-state index contributed by atoms with van der Waals surface area (Å²) in [5.41, 5.74) is 3.93. The Labute approximate surface area is 169 Å². The average molecular weight is 407 g/mol. The largest absolute Gasteiger partial charge is 0.332 e. The molecular formula is C20H18FN7O2. The highest BCUT2D eigenvalue weighted by Crippen LogP contribution is 2.18. The van der Waals surface area contributed by atoms with Crippen LogP contribution < -0.4 is 16.7 Å². The summed E-state index contributed by atoms with van der Waals surface area (Å²) < 4.78 is 17.2. The molecule has 0 aliphatic rings. The number of anilines is 1. The van der Waals surface area contributed by atoms with Crippen molar-refractivity contribution in [2.24, 2.45) is 19.2 Å². The minimum Gasteiger partial charge on any atom is -0.298 e. The van der Waals surface area contributed by atoms with Crippen LogP contribution in [0.1, 0.15) is 11.1 Å². The molecule has 9 nitrogen and oxygen atoms in total. The van der Waals surface area contributed by atoms with Gasteiger partial charge in [0.2, 0.25) is 5.95 Å². The molecule has 0 fully saturated rings. The highest BCUT2D eigenvalue weighted by Gasteiger charge is 2.19. The molecule has 4 aromatic rings. The molecule has 0 saturated heterocycles. The lowest BCUT2D eigenvalue weighted by molar-refractivity contribution is 0.626. The fourth-order valence-corrected chi connectivity index (χ4v) is 3.07. The van der Waals surface area contributed by atoms with E-state index >= 15 is 0 Å². The Morgan fingerprint density at radius 2 is 1.77 bits per heavy atom. The number of halogens is 1. The summed E-state index contributed by atoms with van der Waals surface area (Å²) >= 11 is 0. The van der Waals surface area contributed by atoms with Gasteiger partial charge in [-0.05, 0) is 35.4 Å². The zero-order chi connectivity index (χ0) is 21.3. The predicted molar refractivity (Wildman–Crippen MR) is 111 cm³/mol. The van der Waals surface area contributed by atoms with Crippen LogP contribution in [0.3, 0.4) is 0 Å². The fraction of sp³-hybridized carbons (Fsp3) is 0.150. The Morgan fingerprint density at radius 1 is 1.07 bits per heavy atom. The maximum absolute atomic E-state index is 13.3. The minimum absolute atomic E-state index is 0.229. The van der Waals surface area contributed by atoms with Crippen LogP contribution in [0.15, 0.2) is 63.5 Å². The second-order valence-corrected chi connectivity index (χ2v) is 6.68. The van der Waals surface area contributed by atoms with E-state index in [0.717, 1.165) is 15.7 Å². The van der Waals surface area contributed by atoms with E-state index in [1.165, 1.54) is 23.7 Å². The second kappa shape index (κ2) is 7.74. The van der Waals surface area contributed by atoms with Gasteiger partial charge in [0.05, 0.1) is 12.8 Å². The fourth-order valence-electron chi connectivity index (χ4n) is 3.07. The number of pyridine rings is 1. The number of hydrazone groups is 1. The van der Waals surface area contributed by atoms with Gasteiger partial charge in [0.15, 0.2) is 11.2 Å². The molecule has 10 heteroatoms. The van der Waals surface area contributed by atoms with Gasteiger partial charge in [0.1, 0.15) is 5.82 Å². The van der Waals surface area contributed by atoms with Crippen LogP contribution in [0.4, 0.5) is 10.3 Å². The Hall–Kier alpha value is -4.08. The van der Waals surface area contributed by atoms with Gasteiger partial charge in [-0.2, -0.15) is 10.1 Å². The number of nitrogens with zero attached hydrogens (tertiary/aromatic N) is 6. The third-order valence-electron chi connectivity index (χ3n) is 4.69. The summed E-state index contributed by atoms with van der Waals surface area (Å²) in [7, 11) is 2.96. The number of aromatic nitrogens is 5. The van der Waals surface area contributed by atoms with E-state index < -0.39 is 11.2 Å². The monoisotopic (exact) mass is 407 g/mol. The normalized spacial score (nSPS) is 11.4. The number of nitrogens with one attached hydrogen (secondary N) is 1. The SMILES string of the molecule is Cn1c(=O)c2c(nc(N/N=C\c3ccncc3)n2Cc2ccc(F)cc2)n(C)c1=O. The number of aryl methyl sites for hydroxylation is 1. The Kier molecular flexibility index (Phi) is 4.97. The van der Waals surface area contributed by atoms with Crippen molar-refractivity contribution < 1.29 is 4.39 Å². The van der Waals surface area contributed by atoms with Crippen molar-refractivity contribution in [3.63, 3.8) is 0 Å². The van der Waals surface area contributed by atoms with Crippen molar-refractivity contribution in [3.8, 4) is 0 Å². The maximum atomic E-state index is 13.3. The third-order valence-corrected chi connectivity index (χ3v) is 4.69. The Balaban J connectivity index is 1.83. The lowest BCUT2D eigenvalue weighted by atomic mass is 10.2. The quantitative estimate of drug-likeness (QED) is 0.399. The number of fused-ring (bicyclic) bond motifs is 1. The third kappa shape index (κ3) is 3.50. The topological polar surface area (TPSA) is 99.1 Å². The summed E-state index contributed by atoms with van der Waals surface area (Å²) in [6.45, 7) is 0.233. The zero-order valence-electron chi connectivity index (χ0n) is 16.3. The first-order chi connectivity index (χ1) is 14.5. The molecule has 0 unspecified atom stereocenters. The van der Waals surface area contributed by atoms with Crippen molar-refractivity contribution in [3.05, 3.63) is 86.6 Å². The number of imidazole rings is 1. The summed E-state index contributed by atoms with van der Waals surface area (Å²) in [6.07, 6.45) is 4.87. The molecule has 0 aliphatic carbocycles. The van der Waals surface area contributed by atoms with Gasteiger partial charge in [-0.15, -0.1) is 0 Å². The first-order valence-electron chi connectivity index (χ1n) is 9.05. The van der Waals surface area contributed by atoms with E-state index in [9.17, 15) is 14.0 Å². The average Bonchev–Trinajstić information content (AvgIpc) is 3.11. The van der Waals surface area contributed by atoms with Crippen LogP contribution in [0.5, 0.6) is 0 Å². The van der Waals surface area contributed by atoms with Gasteiger partial charge in [-0.25, -0.2) is 14.6 Å². The number of benzene rings is 1. The summed E-state index contributed by atoms with van der Waals surface area (Å²) in [6, 6.07) is 9.50. The molecule has 1 aromatic carbocycles. The molecule has 0 saturated carbocycles. The predicted octanol–water partition coefficient (Wildman–Crippen LogP) is 1.46. The molecule has 3 aromatic heterocycles. The molecule has 30 heavy (non-hydrogen) atoms. The van der Waals surface area contributed by atoms with Crippen LogP contribution in [-0.4, -0.2) is 29.9 Å². The molecular weight excluding hydrogens is 389 g/mol. The van der Waals surface area contributed by atoms with Crippen LogP contribution in [0.2, 0.25) is 0 Å². The molecule has 0 bridgehead atoms. The summed E-state index contributed by atoms with van der Waals surface area (Å²) in [5.74, 6) is -0.0780. The van der Waals surface area contributed by atoms with Crippen molar-refractivity contribution in [1.29, 1.82) is 0 Å². The smallest absolute Gasteiger partial charge is 0.298 e. The van der Waals surface area contributed by atoms with Crippen LogP contribution in [0.25, 0.3) is 11.2 Å². The minimum atomic E-state index is -0.481. The molecule has 152 valence electrons. The molecule has 4 rings (SSSR count). The van der Waals surface area contributed by atoms with Crippen LogP contribution >= 0.6 is 0 Å². The molecule has 0 radical (unpaired) electrons. The van der Waals surface area contributed by atoms with Crippen molar-refractivity contribution in [2.45, 2.75) is 6.54 Å². The van der Waals surface area contributed by atoms with E-state index in [1.54, 1.807) is 54.5 Å². The van der Waals surface area contributed by atoms with Crippen LogP contribution in [0, 0.1) is 5.82 Å². The van der Waals surface area contributed by atoms with E-state index in [-0.39, 0.29) is 29.5 Å². The lowest BCUT2D eigenvalue weighted by Crippen LogP contribution is -2.37. The van der Waals surface area contributed by atoms with Gasteiger partial charge >= 0.3 is 5.69 Å². The first kappa shape index (κ1) is 19.2. The van der Waals surface area contributed by atoms with Crippen LogP contribution in [-0.2, 0) is 20.6 Å². The number of rotatable bonds is 5. The first-order valence-corrected chi connectivity index (χ1v) is 9.05. The zero-order valence-corrected chi connectivity index (χ0v) is 16.3. The van der Waals surface area contributed by atoms with Crippen molar-refractivity contribution in [1.82, 2.24) is 23.7 Å². The van der Waals surface area contributed by atoms with E-state index in [1.807, 2.05) is 0 Å². The molecule has 3 heterocycles. The van der Waals surface area contributed by atoms with Crippen molar-refractivity contribution >= 4 is 23.3 Å². The summed E-state index contributed by atoms with van der Waals surface area (Å²) in [5, 5.41) is 4.19. The van der Waals surface area contributed by atoms with Gasteiger partial charge < -0.3 is 0 Å². The van der Waals surface area contributed by atoms with Crippen molar-refractivity contribution in [2.75, 3.05) is 5.43 Å². The maximum Gasteiger partial charge on any atom is 0.332 e. The Bertz CT molecular complexity index is 1350. The number of hydrogen-bond acceptors (Lipinski definition) is 6. The molecule has 0 atom stereocenters. The molecule has 1 N–H and O–H groups in total. The van der Waals surface area contributed by atoms with E-state index in [4.69, 9.17) is 0 Å². The lowest BCUT2D eigenvalue weighted by Gasteiger charge is -2.09. The second-order valence-electron chi connectivity index (χ2n) is 6.68. The summed E-state index contributed by atoms with van der Waals surface area (Å²) in [4.78, 5) is 33.5.